The molecule has 1 aliphatic rings. The van der Waals surface area contributed by atoms with Crippen molar-refractivity contribution in [2.24, 2.45) is 5.92 Å². The minimum atomic E-state index is -0.0947. The molecular weight excluding hydrogens is 150 g/mol. The maximum atomic E-state index is 9.55. The summed E-state index contributed by atoms with van der Waals surface area (Å²) in [6, 6.07) is 0.627. The molecule has 1 saturated heterocycles. The molecule has 1 fully saturated rings. The predicted octanol–water partition coefficient (Wildman–Crippen LogP) is 1.49. The Labute approximate surface area is 75.6 Å². The highest BCUT2D eigenvalue weighted by Crippen LogP contribution is 2.19. The Kier molecular flexibility index (Phi) is 3.53. The van der Waals surface area contributed by atoms with Gasteiger partial charge in [0.2, 0.25) is 0 Å². The lowest BCUT2D eigenvalue weighted by atomic mass is 9.96. The average molecular weight is 171 g/mol. The Morgan fingerprint density at radius 1 is 1.50 bits per heavy atom. The van der Waals surface area contributed by atoms with Gasteiger partial charge in [-0.2, -0.15) is 0 Å². The Balaban J connectivity index is 2.43. The van der Waals surface area contributed by atoms with Gasteiger partial charge in [0.05, 0.1) is 6.10 Å². The standard InChI is InChI=1S/C10H21NO/c1-4-9(3)11-6-8(2)5-10(12)7-11/h8-10,12H,4-7H2,1-3H3/t8-,9?,10+/m0/s1. The molecule has 0 aromatic heterocycles. The maximum Gasteiger partial charge on any atom is 0.0670 e. The fraction of sp³-hybridized carbons (Fsp3) is 1.00. The highest BCUT2D eigenvalue weighted by molar-refractivity contribution is 4.79. The first kappa shape index (κ1) is 10.0. The molecule has 2 nitrogen and oxygen atoms in total. The first-order chi connectivity index (χ1) is 5.63. The number of hydrogen-bond acceptors (Lipinski definition) is 2. The summed E-state index contributed by atoms with van der Waals surface area (Å²) in [6.45, 7) is 8.70. The molecule has 0 aromatic rings. The number of aliphatic hydroxyl groups excluding tert-OH is 1. The first-order valence-electron chi connectivity index (χ1n) is 5.05. The lowest BCUT2D eigenvalue weighted by Gasteiger charge is -2.37. The van der Waals surface area contributed by atoms with Crippen LogP contribution in [0.4, 0.5) is 0 Å². The van der Waals surface area contributed by atoms with Gasteiger partial charge in [0.25, 0.3) is 0 Å². The van der Waals surface area contributed by atoms with Gasteiger partial charge in [0, 0.05) is 19.1 Å². The third-order valence-corrected chi connectivity index (χ3v) is 2.88. The lowest BCUT2D eigenvalue weighted by molar-refractivity contribution is 0.0250. The summed E-state index contributed by atoms with van der Waals surface area (Å²) in [5.74, 6) is 0.655. The normalized spacial score (nSPS) is 35.0. The molecule has 1 unspecified atom stereocenters. The number of aliphatic hydroxyl groups is 1. The molecule has 0 amide bonds. The summed E-state index contributed by atoms with van der Waals surface area (Å²) in [5, 5.41) is 9.55. The van der Waals surface area contributed by atoms with E-state index in [0.29, 0.717) is 12.0 Å². The largest absolute Gasteiger partial charge is 0.392 e. The van der Waals surface area contributed by atoms with Crippen LogP contribution in [0, 0.1) is 5.92 Å². The van der Waals surface area contributed by atoms with Crippen LogP contribution >= 0.6 is 0 Å². The molecule has 0 saturated carbocycles. The zero-order valence-electron chi connectivity index (χ0n) is 8.45. The third kappa shape index (κ3) is 2.46. The van der Waals surface area contributed by atoms with Gasteiger partial charge in [-0.1, -0.05) is 13.8 Å². The first-order valence-corrected chi connectivity index (χ1v) is 5.05. The lowest BCUT2D eigenvalue weighted by Crippen LogP contribution is -2.46. The summed E-state index contributed by atoms with van der Waals surface area (Å²) in [5.41, 5.74) is 0. The quantitative estimate of drug-likeness (QED) is 0.680. The summed E-state index contributed by atoms with van der Waals surface area (Å²) < 4.78 is 0. The van der Waals surface area contributed by atoms with E-state index in [0.717, 1.165) is 19.5 Å². The second kappa shape index (κ2) is 4.24. The molecule has 12 heavy (non-hydrogen) atoms. The van der Waals surface area contributed by atoms with Crippen LogP contribution in [-0.2, 0) is 0 Å². The summed E-state index contributed by atoms with van der Waals surface area (Å²) in [6.07, 6.45) is 2.06. The van der Waals surface area contributed by atoms with Crippen LogP contribution in [0.25, 0.3) is 0 Å². The third-order valence-electron chi connectivity index (χ3n) is 2.88. The zero-order chi connectivity index (χ0) is 9.14. The second-order valence-electron chi connectivity index (χ2n) is 4.21. The van der Waals surface area contributed by atoms with Crippen molar-refractivity contribution in [1.82, 2.24) is 4.90 Å². The molecular formula is C10H21NO. The van der Waals surface area contributed by atoms with E-state index in [1.54, 1.807) is 0 Å². The van der Waals surface area contributed by atoms with E-state index in [9.17, 15) is 5.11 Å². The van der Waals surface area contributed by atoms with Gasteiger partial charge in [-0.3, -0.25) is 4.90 Å². The fourth-order valence-electron chi connectivity index (χ4n) is 1.98. The molecule has 3 atom stereocenters. The number of nitrogens with zero attached hydrogens (tertiary/aromatic N) is 1. The van der Waals surface area contributed by atoms with Gasteiger partial charge >= 0.3 is 0 Å². The SMILES string of the molecule is CCC(C)N1C[C@@H](C)C[C@@H](O)C1. The Morgan fingerprint density at radius 3 is 2.67 bits per heavy atom. The highest BCUT2D eigenvalue weighted by atomic mass is 16.3. The monoisotopic (exact) mass is 171 g/mol. The maximum absolute atomic E-state index is 9.55. The van der Waals surface area contributed by atoms with Crippen LogP contribution in [-0.4, -0.2) is 35.2 Å². The van der Waals surface area contributed by atoms with E-state index >= 15 is 0 Å². The van der Waals surface area contributed by atoms with Crippen molar-refractivity contribution in [3.05, 3.63) is 0 Å². The molecule has 72 valence electrons. The van der Waals surface area contributed by atoms with Crippen LogP contribution in [0.2, 0.25) is 0 Å². The van der Waals surface area contributed by atoms with Crippen molar-refractivity contribution in [1.29, 1.82) is 0 Å². The minimum absolute atomic E-state index is 0.0947. The molecule has 1 rings (SSSR count). The average Bonchev–Trinajstić information content (AvgIpc) is 2.01. The zero-order valence-corrected chi connectivity index (χ0v) is 8.45. The van der Waals surface area contributed by atoms with Gasteiger partial charge in [0.1, 0.15) is 0 Å². The number of hydrogen-bond donors (Lipinski definition) is 1. The molecule has 0 spiro atoms. The van der Waals surface area contributed by atoms with Gasteiger partial charge in [0.15, 0.2) is 0 Å². The molecule has 0 bridgehead atoms. The van der Waals surface area contributed by atoms with E-state index in [1.807, 2.05) is 0 Å². The van der Waals surface area contributed by atoms with Crippen LogP contribution in [0.15, 0.2) is 0 Å². The number of rotatable bonds is 2. The number of β-amino-alcohol motifs (C(OH)–C–C–N with tert-alkyl or cyclic N) is 1. The molecule has 1 N–H and O–H groups in total. The topological polar surface area (TPSA) is 23.5 Å². The molecule has 1 heterocycles. The molecule has 0 aromatic carbocycles. The van der Waals surface area contributed by atoms with Crippen LogP contribution < -0.4 is 0 Å². The van der Waals surface area contributed by atoms with Gasteiger partial charge in [-0.05, 0) is 25.7 Å². The van der Waals surface area contributed by atoms with E-state index in [2.05, 4.69) is 25.7 Å². The summed E-state index contributed by atoms with van der Waals surface area (Å²) >= 11 is 0. The van der Waals surface area contributed by atoms with Crippen molar-refractivity contribution in [3.8, 4) is 0 Å². The van der Waals surface area contributed by atoms with Gasteiger partial charge < -0.3 is 5.11 Å². The fourth-order valence-corrected chi connectivity index (χ4v) is 1.98. The number of likely N-dealkylation sites (tertiary alicyclic amines) is 1. The smallest absolute Gasteiger partial charge is 0.0670 e. The van der Waals surface area contributed by atoms with Crippen molar-refractivity contribution in [2.45, 2.75) is 45.8 Å². The van der Waals surface area contributed by atoms with Crippen LogP contribution in [0.5, 0.6) is 0 Å². The number of piperidine rings is 1. The molecule has 0 radical (unpaired) electrons. The summed E-state index contributed by atoms with van der Waals surface area (Å²) in [7, 11) is 0. The molecule has 1 aliphatic heterocycles. The molecule has 2 heteroatoms. The van der Waals surface area contributed by atoms with Gasteiger partial charge in [-0.25, -0.2) is 0 Å². The Morgan fingerprint density at radius 2 is 2.17 bits per heavy atom. The van der Waals surface area contributed by atoms with Gasteiger partial charge in [-0.15, -0.1) is 0 Å². The highest BCUT2D eigenvalue weighted by Gasteiger charge is 2.25. The van der Waals surface area contributed by atoms with E-state index in [-0.39, 0.29) is 6.10 Å². The Hall–Kier alpha value is -0.0800. The van der Waals surface area contributed by atoms with E-state index in [1.165, 1.54) is 6.42 Å². The minimum Gasteiger partial charge on any atom is -0.392 e. The van der Waals surface area contributed by atoms with Crippen molar-refractivity contribution >= 4 is 0 Å². The molecule has 0 aliphatic carbocycles. The Bertz CT molecular complexity index is 128. The van der Waals surface area contributed by atoms with Crippen LogP contribution in [0.3, 0.4) is 0 Å². The van der Waals surface area contributed by atoms with Crippen molar-refractivity contribution in [3.63, 3.8) is 0 Å². The van der Waals surface area contributed by atoms with Crippen molar-refractivity contribution in [2.75, 3.05) is 13.1 Å². The van der Waals surface area contributed by atoms with E-state index < -0.39 is 0 Å². The van der Waals surface area contributed by atoms with Crippen LogP contribution in [0.1, 0.15) is 33.6 Å². The predicted molar refractivity (Wildman–Crippen MR) is 51.1 cm³/mol. The van der Waals surface area contributed by atoms with E-state index in [4.69, 9.17) is 0 Å². The van der Waals surface area contributed by atoms with Crippen molar-refractivity contribution < 1.29 is 5.11 Å². The second-order valence-corrected chi connectivity index (χ2v) is 4.21. The summed E-state index contributed by atoms with van der Waals surface area (Å²) in [4.78, 5) is 2.40.